The molecule has 0 aliphatic rings. The Hall–Kier alpha value is -2.96. The number of carbonyl (C=O) groups is 1. The van der Waals surface area contributed by atoms with Gasteiger partial charge < -0.3 is 10.2 Å². The quantitative estimate of drug-likeness (QED) is 0.791. The van der Waals surface area contributed by atoms with E-state index >= 15 is 0 Å². The molecule has 0 spiro atoms. The maximum atomic E-state index is 12.6. The highest BCUT2D eigenvalue weighted by atomic mass is 16.1. The molecular weight excluding hydrogens is 304 g/mol. The fourth-order valence-corrected chi connectivity index (χ4v) is 2.55. The van der Waals surface area contributed by atoms with E-state index in [4.69, 9.17) is 0 Å². The first-order valence-corrected chi connectivity index (χ1v) is 7.69. The van der Waals surface area contributed by atoms with E-state index in [9.17, 15) is 4.79 Å². The first kappa shape index (κ1) is 15.9. The van der Waals surface area contributed by atoms with Gasteiger partial charge in [0.05, 0.1) is 12.2 Å². The number of amides is 1. The number of fused-ring (bicyclic) bond motifs is 1. The summed E-state index contributed by atoms with van der Waals surface area (Å²) in [4.78, 5) is 27.7. The second-order valence-electron chi connectivity index (χ2n) is 5.84. The van der Waals surface area contributed by atoms with Crippen molar-refractivity contribution < 1.29 is 4.79 Å². The number of hydrogen-bond acceptors (Lipinski definition) is 5. The lowest BCUT2D eigenvalue weighted by Crippen LogP contribution is -2.26. The minimum absolute atomic E-state index is 0.192. The van der Waals surface area contributed by atoms with Crippen LogP contribution in [0.5, 0.6) is 0 Å². The van der Waals surface area contributed by atoms with E-state index in [1.54, 1.807) is 4.40 Å². The number of nitrogens with zero attached hydrogens (tertiary/aromatic N) is 5. The van der Waals surface area contributed by atoms with Gasteiger partial charge in [0.25, 0.3) is 5.91 Å². The summed E-state index contributed by atoms with van der Waals surface area (Å²) >= 11 is 0. The average Bonchev–Trinajstić information content (AvgIpc) is 2.88. The van der Waals surface area contributed by atoms with E-state index in [0.717, 1.165) is 17.2 Å². The van der Waals surface area contributed by atoms with Crippen LogP contribution in [0.25, 0.3) is 5.65 Å². The lowest BCUT2D eigenvalue weighted by molar-refractivity contribution is 0.0943. The summed E-state index contributed by atoms with van der Waals surface area (Å²) < 4.78 is 1.78. The Morgan fingerprint density at radius 2 is 2.00 bits per heavy atom. The smallest absolute Gasteiger partial charge is 0.270 e. The maximum Gasteiger partial charge on any atom is 0.270 e. The van der Waals surface area contributed by atoms with Crippen LogP contribution in [0.2, 0.25) is 0 Å². The number of aromatic nitrogens is 4. The molecule has 3 aromatic rings. The molecule has 124 valence electrons. The molecule has 3 rings (SSSR count). The minimum Gasteiger partial charge on any atom is -0.363 e. The van der Waals surface area contributed by atoms with Crippen LogP contribution in [0.3, 0.4) is 0 Å². The zero-order valence-corrected chi connectivity index (χ0v) is 14.2. The molecule has 0 aromatic carbocycles. The number of hydrogen-bond donors (Lipinski definition) is 1. The van der Waals surface area contributed by atoms with Crippen LogP contribution in [-0.2, 0) is 6.54 Å². The van der Waals surface area contributed by atoms with Crippen molar-refractivity contribution in [1.29, 1.82) is 0 Å². The predicted octanol–water partition coefficient (Wildman–Crippen LogP) is 1.74. The van der Waals surface area contributed by atoms with Gasteiger partial charge in [-0.15, -0.1) is 0 Å². The average molecular weight is 324 g/mol. The highest BCUT2D eigenvalue weighted by molar-refractivity contribution is 5.94. The molecule has 3 aromatic heterocycles. The lowest BCUT2D eigenvalue weighted by Gasteiger charge is -2.13. The fourth-order valence-electron chi connectivity index (χ4n) is 2.55. The third kappa shape index (κ3) is 3.05. The van der Waals surface area contributed by atoms with Crippen molar-refractivity contribution in [3.8, 4) is 0 Å². The van der Waals surface area contributed by atoms with E-state index < -0.39 is 0 Å². The topological polar surface area (TPSA) is 75.4 Å². The molecule has 0 bridgehead atoms. The third-order valence-electron chi connectivity index (χ3n) is 3.67. The second-order valence-corrected chi connectivity index (χ2v) is 5.84. The Morgan fingerprint density at radius 1 is 1.21 bits per heavy atom. The Kier molecular flexibility index (Phi) is 4.16. The van der Waals surface area contributed by atoms with E-state index in [0.29, 0.717) is 17.2 Å². The molecule has 0 atom stereocenters. The normalized spacial score (nSPS) is 10.8. The molecular formula is C17H20N6O. The molecule has 1 N–H and O–H groups in total. The van der Waals surface area contributed by atoms with Crippen LogP contribution >= 0.6 is 0 Å². The standard InChI is InChI=1S/C17H20N6O/c1-11-9-15(22(3)4)21-13(19-11)10-18-17(24)16-12(2)20-14-7-5-6-8-23(14)16/h5-9H,10H2,1-4H3,(H,18,24). The summed E-state index contributed by atoms with van der Waals surface area (Å²) in [6.45, 7) is 4.00. The molecule has 24 heavy (non-hydrogen) atoms. The number of imidazole rings is 1. The van der Waals surface area contributed by atoms with Gasteiger partial charge in [0.2, 0.25) is 0 Å². The van der Waals surface area contributed by atoms with Crippen molar-refractivity contribution in [2.24, 2.45) is 0 Å². The summed E-state index contributed by atoms with van der Waals surface area (Å²) in [5, 5.41) is 2.88. The molecule has 7 nitrogen and oxygen atoms in total. The Labute approximate surface area is 140 Å². The van der Waals surface area contributed by atoms with E-state index in [2.05, 4.69) is 20.3 Å². The number of rotatable bonds is 4. The predicted molar refractivity (Wildman–Crippen MR) is 92.2 cm³/mol. The third-order valence-corrected chi connectivity index (χ3v) is 3.67. The molecule has 0 saturated heterocycles. The van der Waals surface area contributed by atoms with Crippen LogP contribution < -0.4 is 10.2 Å². The van der Waals surface area contributed by atoms with E-state index in [1.807, 2.05) is 63.3 Å². The van der Waals surface area contributed by atoms with Gasteiger partial charge in [0, 0.05) is 32.1 Å². The summed E-state index contributed by atoms with van der Waals surface area (Å²) in [6.07, 6.45) is 1.83. The summed E-state index contributed by atoms with van der Waals surface area (Å²) in [6, 6.07) is 7.54. The molecule has 7 heteroatoms. The van der Waals surface area contributed by atoms with Crippen LogP contribution in [0, 0.1) is 13.8 Å². The zero-order valence-electron chi connectivity index (χ0n) is 14.2. The van der Waals surface area contributed by atoms with Crippen molar-refractivity contribution in [2.75, 3.05) is 19.0 Å². The molecule has 0 aliphatic carbocycles. The summed E-state index contributed by atoms with van der Waals surface area (Å²) in [5.41, 5.74) is 2.84. The van der Waals surface area contributed by atoms with E-state index in [-0.39, 0.29) is 12.5 Å². The van der Waals surface area contributed by atoms with Gasteiger partial charge in [-0.1, -0.05) is 6.07 Å². The Morgan fingerprint density at radius 3 is 2.75 bits per heavy atom. The Balaban J connectivity index is 1.82. The molecule has 0 aliphatic heterocycles. The first-order chi connectivity index (χ1) is 11.5. The summed E-state index contributed by atoms with van der Waals surface area (Å²) in [7, 11) is 3.85. The van der Waals surface area contributed by atoms with Gasteiger partial charge >= 0.3 is 0 Å². The van der Waals surface area contributed by atoms with Crippen molar-refractivity contribution >= 4 is 17.4 Å². The largest absolute Gasteiger partial charge is 0.363 e. The fraction of sp³-hybridized carbons (Fsp3) is 0.294. The summed E-state index contributed by atoms with van der Waals surface area (Å²) in [5.74, 6) is 1.21. The monoisotopic (exact) mass is 324 g/mol. The molecule has 0 fully saturated rings. The lowest BCUT2D eigenvalue weighted by atomic mass is 10.3. The highest BCUT2D eigenvalue weighted by Gasteiger charge is 2.16. The van der Waals surface area contributed by atoms with Crippen molar-refractivity contribution in [3.63, 3.8) is 0 Å². The van der Waals surface area contributed by atoms with Gasteiger partial charge in [-0.05, 0) is 26.0 Å². The van der Waals surface area contributed by atoms with Gasteiger partial charge in [0.15, 0.2) is 0 Å². The molecule has 3 heterocycles. The number of nitrogens with one attached hydrogen (secondary N) is 1. The van der Waals surface area contributed by atoms with Crippen LogP contribution in [0.15, 0.2) is 30.5 Å². The number of aryl methyl sites for hydroxylation is 2. The number of carbonyl (C=O) groups excluding carboxylic acids is 1. The Bertz CT molecular complexity index is 899. The zero-order chi connectivity index (χ0) is 17.3. The van der Waals surface area contributed by atoms with Crippen LogP contribution in [-0.4, -0.2) is 39.4 Å². The second kappa shape index (κ2) is 6.27. The SMILES string of the molecule is Cc1cc(N(C)C)nc(CNC(=O)c2c(C)nc3ccccn23)n1. The molecule has 0 unspecified atom stereocenters. The van der Waals surface area contributed by atoms with Gasteiger partial charge in [0.1, 0.15) is 23.0 Å². The van der Waals surface area contributed by atoms with Crippen LogP contribution in [0.4, 0.5) is 5.82 Å². The van der Waals surface area contributed by atoms with Crippen molar-refractivity contribution in [2.45, 2.75) is 20.4 Å². The van der Waals surface area contributed by atoms with Crippen molar-refractivity contribution in [3.05, 3.63) is 53.4 Å². The highest BCUT2D eigenvalue weighted by Crippen LogP contribution is 2.12. The molecule has 0 saturated carbocycles. The molecule has 0 radical (unpaired) electrons. The van der Waals surface area contributed by atoms with E-state index in [1.165, 1.54) is 0 Å². The minimum atomic E-state index is -0.192. The maximum absolute atomic E-state index is 12.6. The first-order valence-electron chi connectivity index (χ1n) is 7.69. The van der Waals surface area contributed by atoms with Crippen molar-refractivity contribution in [1.82, 2.24) is 24.7 Å². The number of pyridine rings is 1. The molecule has 1 amide bonds. The van der Waals surface area contributed by atoms with Gasteiger partial charge in [-0.25, -0.2) is 15.0 Å². The van der Waals surface area contributed by atoms with Gasteiger partial charge in [-0.3, -0.25) is 9.20 Å². The van der Waals surface area contributed by atoms with Gasteiger partial charge in [-0.2, -0.15) is 0 Å². The number of anilines is 1. The van der Waals surface area contributed by atoms with Crippen LogP contribution in [0.1, 0.15) is 27.7 Å².